The molecule has 0 spiro atoms. The van der Waals surface area contributed by atoms with Gasteiger partial charge in [0.1, 0.15) is 6.04 Å². The molecule has 9 heteroatoms. The second kappa shape index (κ2) is 9.25. The second-order valence-corrected chi connectivity index (χ2v) is 7.04. The number of carbonyl (C=O) groups excluding carboxylic acids is 4. The molecule has 3 amide bonds. The highest BCUT2D eigenvalue weighted by molar-refractivity contribution is 6.03. The van der Waals surface area contributed by atoms with Crippen molar-refractivity contribution in [3.63, 3.8) is 0 Å². The van der Waals surface area contributed by atoms with Crippen molar-refractivity contribution in [2.75, 3.05) is 18.5 Å². The molecule has 0 unspecified atom stereocenters. The van der Waals surface area contributed by atoms with E-state index in [0.29, 0.717) is 18.7 Å². The third-order valence-electron chi connectivity index (χ3n) is 4.94. The number of aryl methyl sites for hydroxylation is 1. The lowest BCUT2D eigenvalue weighted by atomic mass is 10.0. The molecule has 1 fully saturated rings. The fourth-order valence-electron chi connectivity index (χ4n) is 3.29. The summed E-state index contributed by atoms with van der Waals surface area (Å²) >= 11 is 0. The third kappa shape index (κ3) is 4.86. The Bertz CT molecular complexity index is 954. The molecule has 0 bridgehead atoms. The summed E-state index contributed by atoms with van der Waals surface area (Å²) < 4.78 is 10.2. The van der Waals surface area contributed by atoms with E-state index in [1.807, 2.05) is 0 Å². The molecular formula is C21H23N3O6. The monoisotopic (exact) mass is 413 g/mol. The minimum atomic E-state index is -0.718. The van der Waals surface area contributed by atoms with Crippen LogP contribution in [0.2, 0.25) is 0 Å². The molecule has 9 nitrogen and oxygen atoms in total. The quantitative estimate of drug-likeness (QED) is 0.695. The maximum absolute atomic E-state index is 12.4. The third-order valence-corrected chi connectivity index (χ3v) is 4.94. The van der Waals surface area contributed by atoms with E-state index in [4.69, 9.17) is 14.9 Å². The Hall–Kier alpha value is -3.62. The van der Waals surface area contributed by atoms with Crippen LogP contribution in [0, 0.1) is 6.92 Å². The van der Waals surface area contributed by atoms with Gasteiger partial charge in [-0.3, -0.25) is 14.4 Å². The molecule has 1 aliphatic rings. The molecule has 2 heterocycles. The fraction of sp³-hybridized carbons (Fsp3) is 0.333. The average molecular weight is 413 g/mol. The number of benzene rings is 1. The van der Waals surface area contributed by atoms with Crippen molar-refractivity contribution in [3.8, 4) is 0 Å². The summed E-state index contributed by atoms with van der Waals surface area (Å²) in [4.78, 5) is 49.9. The van der Waals surface area contributed by atoms with Gasteiger partial charge in [-0.05, 0) is 56.0 Å². The van der Waals surface area contributed by atoms with Crippen LogP contribution in [0.15, 0.2) is 41.0 Å². The number of hydrogen-bond donors (Lipinski definition) is 2. The van der Waals surface area contributed by atoms with Crippen LogP contribution in [0.4, 0.5) is 5.69 Å². The molecule has 0 radical (unpaired) electrons. The Morgan fingerprint density at radius 3 is 2.73 bits per heavy atom. The number of rotatable bonds is 6. The Morgan fingerprint density at radius 2 is 2.03 bits per heavy atom. The lowest BCUT2D eigenvalue weighted by molar-refractivity contribution is -0.143. The van der Waals surface area contributed by atoms with Crippen LogP contribution in [-0.2, 0) is 14.3 Å². The van der Waals surface area contributed by atoms with Gasteiger partial charge in [-0.1, -0.05) is 6.07 Å². The minimum absolute atomic E-state index is 0.138. The highest BCUT2D eigenvalue weighted by atomic mass is 16.5. The van der Waals surface area contributed by atoms with Crippen molar-refractivity contribution in [2.45, 2.75) is 32.2 Å². The zero-order valence-corrected chi connectivity index (χ0v) is 16.6. The molecule has 30 heavy (non-hydrogen) atoms. The first kappa shape index (κ1) is 21.1. The van der Waals surface area contributed by atoms with Crippen molar-refractivity contribution in [3.05, 3.63) is 53.5 Å². The number of furan rings is 1. The van der Waals surface area contributed by atoms with Crippen LogP contribution in [0.5, 0.6) is 0 Å². The lowest BCUT2D eigenvalue weighted by Gasteiger charge is -2.33. The first-order valence-electron chi connectivity index (χ1n) is 9.58. The van der Waals surface area contributed by atoms with Crippen molar-refractivity contribution >= 4 is 29.4 Å². The standard InChI is InChI=1S/C21H23N3O6/c1-13-7-8-14(11-15(13)23-20(27)17-6-4-10-29-17)21(28)30-12-18(25)24-9-3-2-5-16(24)19(22)26/h4,6-8,10-11,16H,2-3,5,9,12H2,1H3,(H2,22,26)(H,23,27)/t16-/m0/s1. The number of nitrogens with one attached hydrogen (secondary N) is 1. The average Bonchev–Trinajstić information content (AvgIpc) is 3.28. The number of esters is 1. The Balaban J connectivity index is 1.63. The van der Waals surface area contributed by atoms with E-state index in [0.717, 1.165) is 18.4 Å². The normalized spacial score (nSPS) is 16.0. The number of nitrogens with zero attached hydrogens (tertiary/aromatic N) is 1. The zero-order valence-electron chi connectivity index (χ0n) is 16.6. The summed E-state index contributed by atoms with van der Waals surface area (Å²) in [6, 6.07) is 7.11. The minimum Gasteiger partial charge on any atom is -0.459 e. The van der Waals surface area contributed by atoms with Crippen molar-refractivity contribution in [1.82, 2.24) is 4.90 Å². The highest BCUT2D eigenvalue weighted by Crippen LogP contribution is 2.20. The number of primary amides is 1. The molecule has 1 saturated heterocycles. The van der Waals surface area contributed by atoms with E-state index in [9.17, 15) is 19.2 Å². The first-order chi connectivity index (χ1) is 14.4. The van der Waals surface area contributed by atoms with Crippen LogP contribution in [0.3, 0.4) is 0 Å². The molecule has 3 N–H and O–H groups in total. The fourth-order valence-corrected chi connectivity index (χ4v) is 3.29. The predicted octanol–water partition coefficient (Wildman–Crippen LogP) is 1.86. The van der Waals surface area contributed by atoms with Gasteiger partial charge in [-0.2, -0.15) is 0 Å². The largest absolute Gasteiger partial charge is 0.459 e. The van der Waals surface area contributed by atoms with E-state index < -0.39 is 36.3 Å². The smallest absolute Gasteiger partial charge is 0.338 e. The molecular weight excluding hydrogens is 390 g/mol. The van der Waals surface area contributed by atoms with Crippen LogP contribution >= 0.6 is 0 Å². The summed E-state index contributed by atoms with van der Waals surface area (Å²) in [5.74, 6) is -2.07. The van der Waals surface area contributed by atoms with Gasteiger partial charge in [0.05, 0.1) is 11.8 Å². The van der Waals surface area contributed by atoms with Crippen molar-refractivity contribution in [2.24, 2.45) is 5.73 Å². The Kier molecular flexibility index (Phi) is 6.51. The number of ether oxygens (including phenoxy) is 1. The van der Waals surface area contributed by atoms with E-state index in [1.54, 1.807) is 19.1 Å². The molecule has 158 valence electrons. The Labute approximate surface area is 173 Å². The van der Waals surface area contributed by atoms with Gasteiger partial charge < -0.3 is 25.1 Å². The van der Waals surface area contributed by atoms with E-state index in [1.165, 1.54) is 29.4 Å². The van der Waals surface area contributed by atoms with Crippen molar-refractivity contribution in [1.29, 1.82) is 0 Å². The zero-order chi connectivity index (χ0) is 21.7. The van der Waals surface area contributed by atoms with E-state index >= 15 is 0 Å². The van der Waals surface area contributed by atoms with Gasteiger partial charge in [0.2, 0.25) is 5.91 Å². The lowest BCUT2D eigenvalue weighted by Crippen LogP contribution is -2.51. The molecule has 0 saturated carbocycles. The second-order valence-electron chi connectivity index (χ2n) is 7.04. The number of piperidine rings is 1. The number of hydrogen-bond acceptors (Lipinski definition) is 6. The topological polar surface area (TPSA) is 132 Å². The SMILES string of the molecule is Cc1ccc(C(=O)OCC(=O)N2CCCC[C@H]2C(N)=O)cc1NC(=O)c1ccco1. The Morgan fingerprint density at radius 1 is 1.23 bits per heavy atom. The summed E-state index contributed by atoms with van der Waals surface area (Å²) in [7, 11) is 0. The first-order valence-corrected chi connectivity index (χ1v) is 9.58. The molecule has 1 aliphatic heterocycles. The predicted molar refractivity (Wildman–Crippen MR) is 107 cm³/mol. The molecule has 0 aliphatic carbocycles. The molecule has 1 atom stereocenters. The maximum Gasteiger partial charge on any atom is 0.338 e. The number of nitrogens with two attached hydrogens (primary N) is 1. The maximum atomic E-state index is 12.4. The molecule has 1 aromatic carbocycles. The summed E-state index contributed by atoms with van der Waals surface area (Å²) in [6.45, 7) is 1.68. The van der Waals surface area contributed by atoms with Crippen LogP contribution < -0.4 is 11.1 Å². The van der Waals surface area contributed by atoms with Gasteiger partial charge in [0.15, 0.2) is 12.4 Å². The van der Waals surface area contributed by atoms with Gasteiger partial charge in [-0.15, -0.1) is 0 Å². The van der Waals surface area contributed by atoms with Gasteiger partial charge in [0, 0.05) is 12.2 Å². The molecule has 2 aromatic rings. The summed E-state index contributed by atoms with van der Waals surface area (Å²) in [5, 5.41) is 2.68. The van der Waals surface area contributed by atoms with E-state index in [2.05, 4.69) is 5.32 Å². The van der Waals surface area contributed by atoms with Gasteiger partial charge in [0.25, 0.3) is 11.8 Å². The molecule has 1 aromatic heterocycles. The van der Waals surface area contributed by atoms with Crippen molar-refractivity contribution < 1.29 is 28.3 Å². The highest BCUT2D eigenvalue weighted by Gasteiger charge is 2.31. The number of anilines is 1. The van der Waals surface area contributed by atoms with Crippen LogP contribution in [0.1, 0.15) is 45.7 Å². The summed E-state index contributed by atoms with van der Waals surface area (Å²) in [5.41, 5.74) is 6.70. The van der Waals surface area contributed by atoms with Crippen LogP contribution in [-0.4, -0.2) is 47.8 Å². The van der Waals surface area contributed by atoms with Crippen LogP contribution in [0.25, 0.3) is 0 Å². The van der Waals surface area contributed by atoms with Gasteiger partial charge in [-0.25, -0.2) is 4.79 Å². The number of likely N-dealkylation sites (tertiary alicyclic amines) is 1. The van der Waals surface area contributed by atoms with E-state index in [-0.39, 0.29) is 11.3 Å². The van der Waals surface area contributed by atoms with Gasteiger partial charge >= 0.3 is 5.97 Å². The molecule has 3 rings (SSSR count). The summed E-state index contributed by atoms with van der Waals surface area (Å²) in [6.07, 6.45) is 3.47. The number of amides is 3. The number of carbonyl (C=O) groups is 4.